The number of aryl methyl sites for hydroxylation is 1. The molecule has 1 aromatic heterocycles. The van der Waals surface area contributed by atoms with Gasteiger partial charge in [0.15, 0.2) is 6.61 Å². The molecule has 0 saturated carbocycles. The normalized spacial score (nSPS) is 22.1. The first-order valence-electron chi connectivity index (χ1n) is 13.9. The molecule has 1 aliphatic carbocycles. The maximum Gasteiger partial charge on any atom is 0.339 e. The molecule has 2 atom stereocenters. The zero-order chi connectivity index (χ0) is 24.9. The molecule has 0 radical (unpaired) electrons. The van der Waals surface area contributed by atoms with Crippen molar-refractivity contribution in [2.24, 2.45) is 5.92 Å². The molecule has 0 N–H and O–H groups in total. The number of carbonyl (C=O) groups is 1. The molecule has 7 heteroatoms. The van der Waals surface area contributed by atoms with Crippen LogP contribution in [0.4, 0.5) is 0 Å². The molecule has 2 aromatic rings. The Morgan fingerprint density at radius 2 is 1.92 bits per heavy atom. The average molecular weight is 497 g/mol. The van der Waals surface area contributed by atoms with Gasteiger partial charge in [-0.25, -0.2) is 4.79 Å². The third-order valence-electron chi connectivity index (χ3n) is 8.37. The molecule has 7 nitrogen and oxygen atoms in total. The number of hydrogen-bond donors (Lipinski definition) is 0. The van der Waals surface area contributed by atoms with Crippen LogP contribution in [-0.4, -0.2) is 68.3 Å². The Labute approximate surface area is 213 Å². The summed E-state index contributed by atoms with van der Waals surface area (Å²) in [5.41, 5.74) is 2.24. The number of fused-ring (bicyclic) bond motifs is 4. The standard InChI is InChI=1S/C29H40N2O5/c1-34-17-7-16-31(19-21-8-6-15-30-14-5-4-11-26(21)30)28(32)20-35-22-12-13-24-23-9-2-3-10-25(23)29(33)36-27(24)18-22/h12-13,18,21,26H,2-11,14-17,19-20H2,1H3. The smallest absolute Gasteiger partial charge is 0.339 e. The number of amides is 1. The van der Waals surface area contributed by atoms with Crippen molar-refractivity contribution in [2.45, 2.75) is 70.3 Å². The highest BCUT2D eigenvalue weighted by molar-refractivity contribution is 5.83. The van der Waals surface area contributed by atoms with E-state index < -0.39 is 0 Å². The topological polar surface area (TPSA) is 72.2 Å². The van der Waals surface area contributed by atoms with E-state index in [4.69, 9.17) is 13.9 Å². The van der Waals surface area contributed by atoms with Crippen LogP contribution in [0.5, 0.6) is 5.75 Å². The number of methoxy groups -OCH3 is 1. The number of piperidine rings is 2. The minimum Gasteiger partial charge on any atom is -0.484 e. The van der Waals surface area contributed by atoms with E-state index in [1.807, 2.05) is 17.0 Å². The quantitative estimate of drug-likeness (QED) is 0.383. The van der Waals surface area contributed by atoms with E-state index in [1.165, 1.54) is 45.2 Å². The van der Waals surface area contributed by atoms with Gasteiger partial charge in [0.1, 0.15) is 11.3 Å². The third kappa shape index (κ3) is 5.62. The Bertz CT molecular complexity index is 1110. The number of rotatable bonds is 9. The summed E-state index contributed by atoms with van der Waals surface area (Å²) in [6.45, 7) is 4.48. The van der Waals surface area contributed by atoms with Crippen LogP contribution < -0.4 is 10.4 Å². The Morgan fingerprint density at radius 3 is 2.78 bits per heavy atom. The van der Waals surface area contributed by atoms with Gasteiger partial charge in [0.2, 0.25) is 0 Å². The van der Waals surface area contributed by atoms with Crippen molar-refractivity contribution in [3.63, 3.8) is 0 Å². The summed E-state index contributed by atoms with van der Waals surface area (Å²) in [6, 6.07) is 6.22. The number of carbonyl (C=O) groups excluding carboxylic acids is 1. The molecule has 1 aromatic carbocycles. The summed E-state index contributed by atoms with van der Waals surface area (Å²) in [7, 11) is 1.70. The lowest BCUT2D eigenvalue weighted by molar-refractivity contribution is -0.135. The molecule has 5 rings (SSSR count). The fourth-order valence-corrected chi connectivity index (χ4v) is 6.54. The zero-order valence-electron chi connectivity index (χ0n) is 21.6. The predicted octanol–water partition coefficient (Wildman–Crippen LogP) is 4.18. The number of nitrogens with zero attached hydrogens (tertiary/aromatic N) is 2. The van der Waals surface area contributed by atoms with Gasteiger partial charge in [0, 0.05) is 49.9 Å². The van der Waals surface area contributed by atoms with E-state index in [-0.39, 0.29) is 18.1 Å². The Hall–Kier alpha value is -2.38. The van der Waals surface area contributed by atoms with Gasteiger partial charge >= 0.3 is 5.63 Å². The van der Waals surface area contributed by atoms with E-state index in [1.54, 1.807) is 13.2 Å². The summed E-state index contributed by atoms with van der Waals surface area (Å²) < 4.78 is 16.8. The molecule has 3 heterocycles. The predicted molar refractivity (Wildman–Crippen MR) is 140 cm³/mol. The summed E-state index contributed by atoms with van der Waals surface area (Å²) in [4.78, 5) is 30.4. The summed E-state index contributed by atoms with van der Waals surface area (Å²) in [5.74, 6) is 1.08. The van der Waals surface area contributed by atoms with Crippen molar-refractivity contribution in [1.82, 2.24) is 9.80 Å². The third-order valence-corrected chi connectivity index (χ3v) is 8.37. The van der Waals surface area contributed by atoms with Crippen molar-refractivity contribution >= 4 is 16.9 Å². The van der Waals surface area contributed by atoms with Gasteiger partial charge in [-0.05, 0) is 94.5 Å². The number of ether oxygens (including phenoxy) is 2. The lowest BCUT2D eigenvalue weighted by Gasteiger charge is -2.45. The van der Waals surface area contributed by atoms with Gasteiger partial charge < -0.3 is 23.7 Å². The maximum absolute atomic E-state index is 13.3. The lowest BCUT2D eigenvalue weighted by atomic mass is 9.83. The first-order chi connectivity index (χ1) is 17.6. The molecule has 196 valence electrons. The average Bonchev–Trinajstić information content (AvgIpc) is 2.91. The Kier molecular flexibility index (Phi) is 8.27. The van der Waals surface area contributed by atoms with Crippen LogP contribution in [0.3, 0.4) is 0 Å². The molecule has 3 aliphatic rings. The van der Waals surface area contributed by atoms with Crippen LogP contribution in [0.1, 0.15) is 62.5 Å². The molecule has 0 bridgehead atoms. The van der Waals surface area contributed by atoms with E-state index in [9.17, 15) is 9.59 Å². The van der Waals surface area contributed by atoms with E-state index >= 15 is 0 Å². The van der Waals surface area contributed by atoms with Gasteiger partial charge in [-0.2, -0.15) is 0 Å². The Balaban J connectivity index is 1.26. The van der Waals surface area contributed by atoms with Crippen molar-refractivity contribution < 1.29 is 18.7 Å². The highest BCUT2D eigenvalue weighted by atomic mass is 16.5. The fraction of sp³-hybridized carbons (Fsp3) is 0.655. The van der Waals surface area contributed by atoms with Gasteiger partial charge in [0.05, 0.1) is 0 Å². The molecule has 0 spiro atoms. The fourth-order valence-electron chi connectivity index (χ4n) is 6.54. The number of hydrogen-bond acceptors (Lipinski definition) is 6. The maximum atomic E-state index is 13.3. The molecular formula is C29H40N2O5. The molecule has 2 fully saturated rings. The van der Waals surface area contributed by atoms with Gasteiger partial charge in [-0.3, -0.25) is 4.79 Å². The van der Waals surface area contributed by atoms with Crippen LogP contribution in [0, 0.1) is 5.92 Å². The molecular weight excluding hydrogens is 456 g/mol. The first-order valence-corrected chi connectivity index (χ1v) is 13.9. The second-order valence-corrected chi connectivity index (χ2v) is 10.7. The number of benzene rings is 1. The highest BCUT2D eigenvalue weighted by Gasteiger charge is 2.34. The van der Waals surface area contributed by atoms with Gasteiger partial charge in [-0.1, -0.05) is 6.42 Å². The molecule has 2 saturated heterocycles. The SMILES string of the molecule is COCCCN(CC1CCCN2CCCCC12)C(=O)COc1ccc2c3c(c(=O)oc2c1)CCCC3. The van der Waals surface area contributed by atoms with Crippen LogP contribution in [-0.2, 0) is 22.4 Å². The first kappa shape index (κ1) is 25.3. The monoisotopic (exact) mass is 496 g/mol. The molecule has 36 heavy (non-hydrogen) atoms. The van der Waals surface area contributed by atoms with E-state index in [0.29, 0.717) is 36.4 Å². The summed E-state index contributed by atoms with van der Waals surface area (Å²) in [6.07, 6.45) is 10.9. The second-order valence-electron chi connectivity index (χ2n) is 10.7. The molecule has 2 unspecified atom stereocenters. The molecule has 1 amide bonds. The Morgan fingerprint density at radius 1 is 1.08 bits per heavy atom. The van der Waals surface area contributed by atoms with Crippen molar-refractivity contribution in [3.05, 3.63) is 39.7 Å². The van der Waals surface area contributed by atoms with Gasteiger partial charge in [-0.15, -0.1) is 0 Å². The molecule has 2 aliphatic heterocycles. The largest absolute Gasteiger partial charge is 0.484 e. The van der Waals surface area contributed by atoms with Crippen molar-refractivity contribution in [1.29, 1.82) is 0 Å². The van der Waals surface area contributed by atoms with Gasteiger partial charge in [0.25, 0.3) is 5.91 Å². The lowest BCUT2D eigenvalue weighted by Crippen LogP contribution is -2.52. The van der Waals surface area contributed by atoms with Crippen LogP contribution in [0.25, 0.3) is 11.0 Å². The minimum atomic E-state index is -0.237. The second kappa shape index (κ2) is 11.8. The summed E-state index contributed by atoms with van der Waals surface area (Å²) >= 11 is 0. The van der Waals surface area contributed by atoms with Crippen molar-refractivity contribution in [2.75, 3.05) is 46.5 Å². The van der Waals surface area contributed by atoms with E-state index in [0.717, 1.165) is 55.2 Å². The zero-order valence-corrected chi connectivity index (χ0v) is 21.6. The van der Waals surface area contributed by atoms with Crippen LogP contribution >= 0.6 is 0 Å². The van der Waals surface area contributed by atoms with Crippen LogP contribution in [0.15, 0.2) is 27.4 Å². The van der Waals surface area contributed by atoms with Crippen LogP contribution in [0.2, 0.25) is 0 Å². The highest BCUT2D eigenvalue weighted by Crippen LogP contribution is 2.32. The minimum absolute atomic E-state index is 0.00558. The summed E-state index contributed by atoms with van der Waals surface area (Å²) in [5, 5.41) is 0.985. The van der Waals surface area contributed by atoms with Crippen molar-refractivity contribution in [3.8, 4) is 5.75 Å². The van der Waals surface area contributed by atoms with E-state index in [2.05, 4.69) is 4.90 Å².